The molecule has 0 bridgehead atoms. The van der Waals surface area contributed by atoms with E-state index < -0.39 is 5.60 Å². The second-order valence-electron chi connectivity index (χ2n) is 7.43. The molecule has 0 spiro atoms. The van der Waals surface area contributed by atoms with Crippen LogP contribution in [0, 0.1) is 0 Å². The lowest BCUT2D eigenvalue weighted by Gasteiger charge is -2.34. The quantitative estimate of drug-likeness (QED) is 0.761. The van der Waals surface area contributed by atoms with Gasteiger partial charge in [0, 0.05) is 25.9 Å². The summed E-state index contributed by atoms with van der Waals surface area (Å²) in [6.07, 6.45) is 7.94. The van der Waals surface area contributed by atoms with Gasteiger partial charge in [0.25, 0.3) is 0 Å². The van der Waals surface area contributed by atoms with Gasteiger partial charge in [-0.2, -0.15) is 0 Å². The molecule has 24 heavy (non-hydrogen) atoms. The highest BCUT2D eigenvalue weighted by Crippen LogP contribution is 2.33. The summed E-state index contributed by atoms with van der Waals surface area (Å²) in [7, 11) is 0. The fraction of sp³-hybridized carbons (Fsp3) is 0.667. The van der Waals surface area contributed by atoms with E-state index in [2.05, 4.69) is 30.1 Å². The zero-order valence-corrected chi connectivity index (χ0v) is 15.6. The zero-order chi connectivity index (χ0) is 17.3. The van der Waals surface area contributed by atoms with Crippen LogP contribution in [-0.4, -0.2) is 52.1 Å². The Morgan fingerprint density at radius 2 is 2.04 bits per heavy atom. The molecule has 0 radical (unpaired) electrons. The Morgan fingerprint density at radius 3 is 2.71 bits per heavy atom. The van der Waals surface area contributed by atoms with Crippen LogP contribution in [0.3, 0.4) is 0 Å². The molecule has 0 aromatic rings. The summed E-state index contributed by atoms with van der Waals surface area (Å²) < 4.78 is 11.5. The number of carbonyl (C=O) groups is 1. The monoisotopic (exact) mass is 350 g/mol. The maximum absolute atomic E-state index is 12.1. The summed E-state index contributed by atoms with van der Waals surface area (Å²) in [5.41, 5.74) is -0.448. The first-order chi connectivity index (χ1) is 11.3. The number of hydrogen-bond acceptors (Lipinski definition) is 5. The minimum atomic E-state index is -0.448. The molecule has 0 aromatic carbocycles. The molecule has 0 N–H and O–H groups in total. The smallest absolute Gasteiger partial charge is 0.410 e. The molecule has 0 aromatic heterocycles. The molecule has 3 aliphatic rings. The van der Waals surface area contributed by atoms with Crippen molar-refractivity contribution < 1.29 is 14.3 Å². The second-order valence-corrected chi connectivity index (χ2v) is 8.80. The molecule has 0 saturated carbocycles. The van der Waals surface area contributed by atoms with Crippen molar-refractivity contribution in [3.8, 4) is 0 Å². The van der Waals surface area contributed by atoms with Gasteiger partial charge in [-0.05, 0) is 39.8 Å². The summed E-state index contributed by atoms with van der Waals surface area (Å²) in [5.74, 6) is 0.908. The Hall–Kier alpha value is -1.43. The third kappa shape index (κ3) is 4.35. The van der Waals surface area contributed by atoms with Crippen LogP contribution in [0.2, 0.25) is 0 Å². The maximum atomic E-state index is 12.1. The average Bonchev–Trinajstić information content (AvgIpc) is 2.85. The van der Waals surface area contributed by atoms with E-state index in [-0.39, 0.29) is 18.2 Å². The van der Waals surface area contributed by atoms with Gasteiger partial charge in [-0.15, -0.1) is 11.8 Å². The van der Waals surface area contributed by atoms with Crippen LogP contribution < -0.4 is 0 Å². The Balaban J connectivity index is 1.49. The highest BCUT2D eigenvalue weighted by Gasteiger charge is 2.30. The number of ether oxygens (including phenoxy) is 2. The highest BCUT2D eigenvalue weighted by atomic mass is 32.2. The third-order valence-electron chi connectivity index (χ3n) is 4.16. The van der Waals surface area contributed by atoms with E-state index in [4.69, 9.17) is 9.47 Å². The Labute approximate surface area is 148 Å². The third-order valence-corrected chi connectivity index (χ3v) is 5.31. The molecule has 2 atom stereocenters. The lowest BCUT2D eigenvalue weighted by atomic mass is 10.1. The van der Waals surface area contributed by atoms with Crippen molar-refractivity contribution in [2.75, 3.05) is 13.1 Å². The van der Waals surface area contributed by atoms with E-state index in [1.807, 2.05) is 32.5 Å². The highest BCUT2D eigenvalue weighted by molar-refractivity contribution is 8.14. The van der Waals surface area contributed by atoms with Crippen LogP contribution >= 0.6 is 11.8 Å². The number of nitrogens with zero attached hydrogens (tertiary/aromatic N) is 2. The number of rotatable bonds is 2. The van der Waals surface area contributed by atoms with Crippen LogP contribution in [0.5, 0.6) is 0 Å². The molecule has 2 heterocycles. The molecule has 2 unspecified atom stereocenters. The summed E-state index contributed by atoms with van der Waals surface area (Å²) in [5, 5.41) is 1.56. The van der Waals surface area contributed by atoms with Crippen molar-refractivity contribution in [1.29, 1.82) is 0 Å². The number of piperidine rings is 1. The molecule has 6 heteroatoms. The zero-order valence-electron chi connectivity index (χ0n) is 14.8. The van der Waals surface area contributed by atoms with Crippen molar-refractivity contribution in [3.05, 3.63) is 24.0 Å². The fourth-order valence-electron chi connectivity index (χ4n) is 3.03. The van der Waals surface area contributed by atoms with Gasteiger partial charge in [0.2, 0.25) is 0 Å². The van der Waals surface area contributed by atoms with Gasteiger partial charge < -0.3 is 14.4 Å². The Bertz CT molecular complexity index is 584. The van der Waals surface area contributed by atoms with Gasteiger partial charge in [0.1, 0.15) is 17.5 Å². The minimum Gasteiger partial charge on any atom is -0.491 e. The average molecular weight is 350 g/mol. The van der Waals surface area contributed by atoms with E-state index in [1.54, 1.807) is 4.90 Å². The summed E-state index contributed by atoms with van der Waals surface area (Å²) >= 11 is 1.81. The standard InChI is InChI=1S/C18H26N2O3S/c1-12-19-15-11-14(5-6-16(15)24-12)22-13-7-9-20(10-8-13)17(21)23-18(2,3)4/h5-6,11,13,15-16H,7-10H2,1-4H3. The van der Waals surface area contributed by atoms with Crippen LogP contribution in [0.15, 0.2) is 29.0 Å². The van der Waals surface area contributed by atoms with Crippen LogP contribution in [0.25, 0.3) is 0 Å². The van der Waals surface area contributed by atoms with Crippen LogP contribution in [-0.2, 0) is 9.47 Å². The van der Waals surface area contributed by atoms with Gasteiger partial charge in [-0.25, -0.2) is 4.79 Å². The fourth-order valence-corrected chi connectivity index (χ4v) is 4.05. The van der Waals surface area contributed by atoms with E-state index in [0.717, 1.165) is 23.6 Å². The van der Waals surface area contributed by atoms with Crippen molar-refractivity contribution in [2.45, 2.75) is 63.5 Å². The number of aliphatic imine (C=N–C) groups is 1. The molecule has 1 fully saturated rings. The molecule has 1 aliphatic carbocycles. The molecule has 1 saturated heterocycles. The van der Waals surface area contributed by atoms with Gasteiger partial charge in [0.15, 0.2) is 0 Å². The molecule has 5 nitrogen and oxygen atoms in total. The number of thioether (sulfide) groups is 1. The number of likely N-dealkylation sites (tertiary alicyclic amines) is 1. The van der Waals surface area contributed by atoms with Crippen molar-refractivity contribution in [3.63, 3.8) is 0 Å². The largest absolute Gasteiger partial charge is 0.491 e. The Kier molecular flexibility index (Phi) is 4.95. The molecule has 3 rings (SSSR count). The first-order valence-electron chi connectivity index (χ1n) is 8.56. The number of allylic oxidation sites excluding steroid dienone is 1. The SMILES string of the molecule is CC1=NC2C=C(OC3CCN(C(=O)OC(C)(C)C)CC3)C=CC2S1. The first kappa shape index (κ1) is 17.4. The topological polar surface area (TPSA) is 51.1 Å². The van der Waals surface area contributed by atoms with E-state index in [1.165, 1.54) is 0 Å². The van der Waals surface area contributed by atoms with Gasteiger partial charge in [-0.1, -0.05) is 6.08 Å². The summed E-state index contributed by atoms with van der Waals surface area (Å²) in [4.78, 5) is 18.5. The normalized spacial score (nSPS) is 27.4. The number of carbonyl (C=O) groups excluding carboxylic acids is 1. The molecular weight excluding hydrogens is 324 g/mol. The second kappa shape index (κ2) is 6.82. The van der Waals surface area contributed by atoms with Gasteiger partial charge in [-0.3, -0.25) is 4.99 Å². The molecule has 132 valence electrons. The number of hydrogen-bond donors (Lipinski definition) is 0. The first-order valence-corrected chi connectivity index (χ1v) is 9.44. The number of amides is 1. The van der Waals surface area contributed by atoms with E-state index >= 15 is 0 Å². The van der Waals surface area contributed by atoms with Gasteiger partial charge in [0.05, 0.1) is 16.3 Å². The lowest BCUT2D eigenvalue weighted by molar-refractivity contribution is 0.00540. The molecular formula is C18H26N2O3S. The van der Waals surface area contributed by atoms with E-state index in [0.29, 0.717) is 18.3 Å². The van der Waals surface area contributed by atoms with E-state index in [9.17, 15) is 4.79 Å². The molecule has 1 amide bonds. The van der Waals surface area contributed by atoms with Gasteiger partial charge >= 0.3 is 6.09 Å². The lowest BCUT2D eigenvalue weighted by Crippen LogP contribution is -2.43. The van der Waals surface area contributed by atoms with Crippen LogP contribution in [0.1, 0.15) is 40.5 Å². The van der Waals surface area contributed by atoms with Crippen molar-refractivity contribution >= 4 is 22.9 Å². The van der Waals surface area contributed by atoms with Crippen molar-refractivity contribution in [2.24, 2.45) is 4.99 Å². The summed E-state index contributed by atoms with van der Waals surface area (Å²) in [6.45, 7) is 9.08. The van der Waals surface area contributed by atoms with Crippen LogP contribution in [0.4, 0.5) is 4.79 Å². The Morgan fingerprint density at radius 1 is 1.33 bits per heavy atom. The summed E-state index contributed by atoms with van der Waals surface area (Å²) in [6, 6.07) is 0.205. The predicted octanol–water partition coefficient (Wildman–Crippen LogP) is 3.76. The minimum absolute atomic E-state index is 0.148. The molecule has 2 aliphatic heterocycles. The predicted molar refractivity (Wildman–Crippen MR) is 97.4 cm³/mol. The van der Waals surface area contributed by atoms with Crippen molar-refractivity contribution in [1.82, 2.24) is 4.90 Å². The maximum Gasteiger partial charge on any atom is 0.410 e. The number of fused-ring (bicyclic) bond motifs is 1.